The summed E-state index contributed by atoms with van der Waals surface area (Å²) in [4.78, 5) is 0. The third-order valence-electron chi connectivity index (χ3n) is 1.59. The standard InChI is InChI=1S/C7H13ClN4O/c1-2-13-5-3-4-12-7(6-8)9-10-11-12/h2-6H2,1H3. The first kappa shape index (κ1) is 10.4. The normalized spacial score (nSPS) is 10.6. The summed E-state index contributed by atoms with van der Waals surface area (Å²) >= 11 is 5.62. The number of aryl methyl sites for hydroxylation is 1. The molecule has 1 heterocycles. The first-order valence-electron chi connectivity index (χ1n) is 4.27. The monoisotopic (exact) mass is 204 g/mol. The molecule has 0 radical (unpaired) electrons. The summed E-state index contributed by atoms with van der Waals surface area (Å²) in [6, 6.07) is 0. The molecule has 0 bridgehead atoms. The highest BCUT2D eigenvalue weighted by Crippen LogP contribution is 1.98. The molecule has 0 aliphatic heterocycles. The molecule has 0 amide bonds. The Morgan fingerprint density at radius 1 is 1.54 bits per heavy atom. The summed E-state index contributed by atoms with van der Waals surface area (Å²) < 4.78 is 6.89. The molecule has 5 nitrogen and oxygen atoms in total. The number of alkyl halides is 1. The summed E-state index contributed by atoms with van der Waals surface area (Å²) in [6.45, 7) is 4.21. The summed E-state index contributed by atoms with van der Waals surface area (Å²) in [5, 5.41) is 11.1. The van der Waals surface area contributed by atoms with Gasteiger partial charge in [-0.2, -0.15) is 0 Å². The fraction of sp³-hybridized carbons (Fsp3) is 0.857. The van der Waals surface area contributed by atoms with Crippen LogP contribution in [-0.2, 0) is 17.2 Å². The van der Waals surface area contributed by atoms with Gasteiger partial charge < -0.3 is 4.74 Å². The van der Waals surface area contributed by atoms with Gasteiger partial charge in [-0.1, -0.05) is 0 Å². The molecule has 0 aromatic carbocycles. The molecule has 0 atom stereocenters. The molecule has 74 valence electrons. The van der Waals surface area contributed by atoms with Crippen molar-refractivity contribution in [3.05, 3.63) is 5.82 Å². The molecule has 0 unspecified atom stereocenters. The first-order chi connectivity index (χ1) is 6.38. The summed E-state index contributed by atoms with van der Waals surface area (Å²) in [5.41, 5.74) is 0. The van der Waals surface area contributed by atoms with E-state index in [4.69, 9.17) is 16.3 Å². The van der Waals surface area contributed by atoms with Gasteiger partial charge in [-0.25, -0.2) is 4.68 Å². The van der Waals surface area contributed by atoms with Gasteiger partial charge in [0.25, 0.3) is 0 Å². The van der Waals surface area contributed by atoms with Crippen LogP contribution in [0.1, 0.15) is 19.2 Å². The lowest BCUT2D eigenvalue weighted by Crippen LogP contribution is -2.07. The Labute approximate surface area is 82.0 Å². The summed E-state index contributed by atoms with van der Waals surface area (Å²) in [7, 11) is 0. The van der Waals surface area contributed by atoms with Gasteiger partial charge in [0, 0.05) is 19.8 Å². The Bertz CT molecular complexity index is 240. The number of hydrogen-bond acceptors (Lipinski definition) is 4. The molecule has 6 heteroatoms. The van der Waals surface area contributed by atoms with E-state index >= 15 is 0 Å². The quantitative estimate of drug-likeness (QED) is 0.509. The Balaban J connectivity index is 2.27. The number of tetrazole rings is 1. The molecule has 0 aliphatic rings. The van der Waals surface area contributed by atoms with Crippen molar-refractivity contribution in [1.29, 1.82) is 0 Å². The molecule has 0 fully saturated rings. The van der Waals surface area contributed by atoms with Crippen LogP contribution in [0, 0.1) is 0 Å². The minimum Gasteiger partial charge on any atom is -0.382 e. The predicted octanol–water partition coefficient (Wildman–Crippen LogP) is 0.838. The van der Waals surface area contributed by atoms with Crippen LogP contribution < -0.4 is 0 Å². The highest BCUT2D eigenvalue weighted by Gasteiger charge is 2.02. The van der Waals surface area contributed by atoms with E-state index in [9.17, 15) is 0 Å². The van der Waals surface area contributed by atoms with Gasteiger partial charge in [0.1, 0.15) is 0 Å². The number of hydrogen-bond donors (Lipinski definition) is 0. The molecule has 0 aliphatic carbocycles. The number of ether oxygens (including phenoxy) is 1. The zero-order valence-electron chi connectivity index (χ0n) is 7.61. The van der Waals surface area contributed by atoms with Crippen molar-refractivity contribution in [1.82, 2.24) is 20.2 Å². The fourth-order valence-electron chi connectivity index (χ4n) is 0.953. The van der Waals surface area contributed by atoms with Crippen molar-refractivity contribution >= 4 is 11.6 Å². The van der Waals surface area contributed by atoms with E-state index in [2.05, 4.69) is 15.5 Å². The van der Waals surface area contributed by atoms with E-state index in [0.29, 0.717) is 11.7 Å². The molecule has 0 saturated carbocycles. The van der Waals surface area contributed by atoms with Crippen LogP contribution in [0.5, 0.6) is 0 Å². The van der Waals surface area contributed by atoms with Crippen molar-refractivity contribution in [3.63, 3.8) is 0 Å². The van der Waals surface area contributed by atoms with Crippen LogP contribution in [-0.4, -0.2) is 33.4 Å². The minimum absolute atomic E-state index is 0.349. The predicted molar refractivity (Wildman–Crippen MR) is 48.5 cm³/mol. The number of rotatable bonds is 6. The lowest BCUT2D eigenvalue weighted by atomic mass is 10.4. The van der Waals surface area contributed by atoms with E-state index in [0.717, 1.165) is 26.2 Å². The number of aromatic nitrogens is 4. The highest BCUT2D eigenvalue weighted by atomic mass is 35.5. The lowest BCUT2D eigenvalue weighted by Gasteiger charge is -2.02. The lowest BCUT2D eigenvalue weighted by molar-refractivity contribution is 0.140. The maximum atomic E-state index is 5.62. The van der Waals surface area contributed by atoms with Crippen LogP contribution in [0.2, 0.25) is 0 Å². The molecule has 0 N–H and O–H groups in total. The Morgan fingerprint density at radius 3 is 3.08 bits per heavy atom. The van der Waals surface area contributed by atoms with E-state index in [-0.39, 0.29) is 0 Å². The second-order valence-corrected chi connectivity index (χ2v) is 2.77. The van der Waals surface area contributed by atoms with Crippen molar-refractivity contribution < 1.29 is 4.74 Å². The molecular formula is C7H13ClN4O. The molecule has 1 rings (SSSR count). The third kappa shape index (κ3) is 3.28. The zero-order chi connectivity index (χ0) is 9.52. The van der Waals surface area contributed by atoms with Crippen LogP contribution in [0.25, 0.3) is 0 Å². The summed E-state index contributed by atoms with van der Waals surface area (Å²) in [6.07, 6.45) is 0.906. The van der Waals surface area contributed by atoms with Gasteiger partial charge in [0.05, 0.1) is 5.88 Å². The van der Waals surface area contributed by atoms with Crippen molar-refractivity contribution in [2.24, 2.45) is 0 Å². The van der Waals surface area contributed by atoms with Gasteiger partial charge in [-0.05, 0) is 23.8 Å². The van der Waals surface area contributed by atoms with Crippen molar-refractivity contribution in [3.8, 4) is 0 Å². The van der Waals surface area contributed by atoms with Crippen LogP contribution in [0.4, 0.5) is 0 Å². The maximum absolute atomic E-state index is 5.62. The molecule has 13 heavy (non-hydrogen) atoms. The van der Waals surface area contributed by atoms with Crippen molar-refractivity contribution in [2.45, 2.75) is 25.8 Å². The minimum atomic E-state index is 0.349. The topological polar surface area (TPSA) is 52.8 Å². The second kappa shape index (κ2) is 5.88. The van der Waals surface area contributed by atoms with Crippen molar-refractivity contribution in [2.75, 3.05) is 13.2 Å². The van der Waals surface area contributed by atoms with Crippen LogP contribution in [0.3, 0.4) is 0 Å². The van der Waals surface area contributed by atoms with Crippen LogP contribution >= 0.6 is 11.6 Å². The Morgan fingerprint density at radius 2 is 2.38 bits per heavy atom. The number of halogens is 1. The fourth-order valence-corrected chi connectivity index (χ4v) is 1.14. The molecule has 0 saturated heterocycles. The highest BCUT2D eigenvalue weighted by molar-refractivity contribution is 6.16. The van der Waals surface area contributed by atoms with E-state index in [1.807, 2.05) is 6.92 Å². The van der Waals surface area contributed by atoms with Gasteiger partial charge in [-0.15, -0.1) is 16.7 Å². The zero-order valence-corrected chi connectivity index (χ0v) is 8.37. The molecule has 0 spiro atoms. The van der Waals surface area contributed by atoms with Gasteiger partial charge >= 0.3 is 0 Å². The second-order valence-electron chi connectivity index (χ2n) is 2.50. The SMILES string of the molecule is CCOCCCn1nnnc1CCl. The largest absolute Gasteiger partial charge is 0.382 e. The van der Waals surface area contributed by atoms with Crippen LogP contribution in [0.15, 0.2) is 0 Å². The molecule has 1 aromatic heterocycles. The Hall–Kier alpha value is -0.680. The van der Waals surface area contributed by atoms with E-state index < -0.39 is 0 Å². The smallest absolute Gasteiger partial charge is 0.165 e. The average Bonchev–Trinajstić information content (AvgIpc) is 2.60. The third-order valence-corrected chi connectivity index (χ3v) is 1.83. The van der Waals surface area contributed by atoms with E-state index in [1.165, 1.54) is 0 Å². The number of nitrogens with zero attached hydrogens (tertiary/aromatic N) is 4. The first-order valence-corrected chi connectivity index (χ1v) is 4.80. The average molecular weight is 205 g/mol. The van der Waals surface area contributed by atoms with Gasteiger partial charge in [0.15, 0.2) is 5.82 Å². The maximum Gasteiger partial charge on any atom is 0.165 e. The van der Waals surface area contributed by atoms with Gasteiger partial charge in [0.2, 0.25) is 0 Å². The molecule has 1 aromatic rings. The Kier molecular flexibility index (Phi) is 4.70. The van der Waals surface area contributed by atoms with E-state index in [1.54, 1.807) is 4.68 Å². The summed E-state index contributed by atoms with van der Waals surface area (Å²) in [5.74, 6) is 1.06. The van der Waals surface area contributed by atoms with Gasteiger partial charge in [-0.3, -0.25) is 0 Å². The molecular weight excluding hydrogens is 192 g/mol.